The summed E-state index contributed by atoms with van der Waals surface area (Å²) in [6, 6.07) is 0. The SMILES string of the molecule is CS(=O)(=O)N1CCC(CN=C(N)N2CCN(c3nccs3)CC2)CC1.I. The van der Waals surface area contributed by atoms with Crippen LogP contribution in [0, 0.1) is 5.92 Å². The largest absolute Gasteiger partial charge is 0.370 e. The number of anilines is 1. The molecule has 0 bridgehead atoms. The quantitative estimate of drug-likeness (QED) is 0.364. The highest BCUT2D eigenvalue weighted by Gasteiger charge is 2.25. The second-order valence-electron chi connectivity index (χ2n) is 6.59. The van der Waals surface area contributed by atoms with E-state index in [1.165, 1.54) is 6.26 Å². The smallest absolute Gasteiger partial charge is 0.211 e. The summed E-state index contributed by atoms with van der Waals surface area (Å²) >= 11 is 1.66. The van der Waals surface area contributed by atoms with Crippen LogP contribution in [0.2, 0.25) is 0 Å². The first kappa shape index (κ1) is 21.6. The van der Waals surface area contributed by atoms with Crippen molar-refractivity contribution in [3.63, 3.8) is 0 Å². The van der Waals surface area contributed by atoms with E-state index in [2.05, 4.69) is 19.8 Å². The molecule has 1 aromatic heterocycles. The fraction of sp³-hybridized carbons (Fsp3) is 0.733. The van der Waals surface area contributed by atoms with Gasteiger partial charge in [0.25, 0.3) is 0 Å². The average Bonchev–Trinajstić information content (AvgIpc) is 3.14. The zero-order valence-corrected chi connectivity index (χ0v) is 18.9. The number of piperazine rings is 1. The molecular formula is C15H27IN6O2S2. The first-order valence-electron chi connectivity index (χ1n) is 8.58. The van der Waals surface area contributed by atoms with Gasteiger partial charge in [-0.2, -0.15) is 0 Å². The Morgan fingerprint density at radius 3 is 2.46 bits per heavy atom. The lowest BCUT2D eigenvalue weighted by molar-refractivity contribution is 0.279. The molecule has 2 aliphatic heterocycles. The molecule has 0 radical (unpaired) electrons. The van der Waals surface area contributed by atoms with Gasteiger partial charge in [0.05, 0.1) is 6.26 Å². The monoisotopic (exact) mass is 514 g/mol. The Morgan fingerprint density at radius 1 is 1.27 bits per heavy atom. The molecule has 0 aromatic carbocycles. The Bertz CT molecular complexity index is 681. The molecule has 8 nitrogen and oxygen atoms in total. The third-order valence-electron chi connectivity index (χ3n) is 4.85. The van der Waals surface area contributed by atoms with Crippen LogP contribution in [0.15, 0.2) is 16.6 Å². The number of guanidine groups is 1. The topological polar surface area (TPSA) is 95.1 Å². The van der Waals surface area contributed by atoms with Crippen molar-refractivity contribution in [3.05, 3.63) is 11.6 Å². The van der Waals surface area contributed by atoms with Gasteiger partial charge >= 0.3 is 0 Å². The second kappa shape index (κ2) is 9.51. The van der Waals surface area contributed by atoms with Crippen LogP contribution in [0.25, 0.3) is 0 Å². The standard InChI is InChI=1S/C15H26N6O2S2.HI/c1-25(22,23)21-5-2-13(3-6-21)12-18-14(16)19-7-9-20(10-8-19)15-17-4-11-24-15;/h4,11,13H,2-3,5-10,12H2,1H3,(H2,16,18);1H. The summed E-state index contributed by atoms with van der Waals surface area (Å²) in [6.45, 7) is 5.35. The van der Waals surface area contributed by atoms with E-state index in [1.54, 1.807) is 15.6 Å². The minimum absolute atomic E-state index is 0. The summed E-state index contributed by atoms with van der Waals surface area (Å²) in [4.78, 5) is 13.3. The summed E-state index contributed by atoms with van der Waals surface area (Å²) in [7, 11) is -3.07. The van der Waals surface area contributed by atoms with E-state index in [0.717, 1.165) is 44.2 Å². The predicted octanol–water partition coefficient (Wildman–Crippen LogP) is 0.869. The number of nitrogens with zero attached hydrogens (tertiary/aromatic N) is 5. The number of hydrogen-bond donors (Lipinski definition) is 1. The molecular weight excluding hydrogens is 487 g/mol. The van der Waals surface area contributed by atoms with Gasteiger partial charge in [-0.05, 0) is 18.8 Å². The maximum Gasteiger partial charge on any atom is 0.211 e. The summed E-state index contributed by atoms with van der Waals surface area (Å²) in [5, 5.41) is 3.06. The van der Waals surface area contributed by atoms with Crippen molar-refractivity contribution >= 4 is 56.4 Å². The number of nitrogens with two attached hydrogens (primary N) is 1. The molecule has 3 rings (SSSR count). The Labute approximate surface area is 176 Å². The minimum atomic E-state index is -3.07. The van der Waals surface area contributed by atoms with E-state index < -0.39 is 10.0 Å². The minimum Gasteiger partial charge on any atom is -0.370 e. The summed E-state index contributed by atoms with van der Waals surface area (Å²) in [5.41, 5.74) is 6.16. The molecule has 11 heteroatoms. The highest BCUT2D eigenvalue weighted by Crippen LogP contribution is 2.20. The van der Waals surface area contributed by atoms with E-state index in [1.807, 2.05) is 11.6 Å². The van der Waals surface area contributed by atoms with Crippen LogP contribution in [0.3, 0.4) is 0 Å². The fourth-order valence-electron chi connectivity index (χ4n) is 3.25. The van der Waals surface area contributed by atoms with Crippen molar-refractivity contribution in [1.82, 2.24) is 14.2 Å². The van der Waals surface area contributed by atoms with Crippen molar-refractivity contribution in [1.29, 1.82) is 0 Å². The number of hydrogen-bond acceptors (Lipinski definition) is 6. The van der Waals surface area contributed by atoms with Crippen molar-refractivity contribution in [3.8, 4) is 0 Å². The average molecular weight is 514 g/mol. The lowest BCUT2D eigenvalue weighted by Gasteiger charge is -2.35. The molecule has 0 saturated carbocycles. The Morgan fingerprint density at radius 2 is 1.92 bits per heavy atom. The molecule has 0 spiro atoms. The van der Waals surface area contributed by atoms with E-state index in [4.69, 9.17) is 5.73 Å². The van der Waals surface area contributed by atoms with Gasteiger partial charge in [0.1, 0.15) is 0 Å². The molecule has 148 valence electrons. The summed E-state index contributed by atoms with van der Waals surface area (Å²) < 4.78 is 24.6. The lowest BCUT2D eigenvalue weighted by atomic mass is 9.98. The summed E-state index contributed by atoms with van der Waals surface area (Å²) in [5.74, 6) is 1.01. The molecule has 0 aliphatic carbocycles. The van der Waals surface area contributed by atoms with Gasteiger partial charge in [0.15, 0.2) is 11.1 Å². The fourth-order valence-corrected chi connectivity index (χ4v) is 4.82. The van der Waals surface area contributed by atoms with Crippen LogP contribution in [0.5, 0.6) is 0 Å². The first-order chi connectivity index (χ1) is 11.9. The lowest BCUT2D eigenvalue weighted by Crippen LogP contribution is -2.51. The molecule has 2 aliphatic rings. The molecule has 2 fully saturated rings. The second-order valence-corrected chi connectivity index (χ2v) is 9.45. The summed E-state index contributed by atoms with van der Waals surface area (Å²) in [6.07, 6.45) is 4.80. The Kier molecular flexibility index (Phi) is 7.91. The number of halogens is 1. The molecule has 0 atom stereocenters. The third-order valence-corrected chi connectivity index (χ3v) is 6.98. The van der Waals surface area contributed by atoms with Gasteiger partial charge in [-0.15, -0.1) is 35.3 Å². The van der Waals surface area contributed by atoms with Crippen LogP contribution in [0.4, 0.5) is 5.13 Å². The van der Waals surface area contributed by atoms with Crippen LogP contribution < -0.4 is 10.6 Å². The van der Waals surface area contributed by atoms with Gasteiger partial charge in [0, 0.05) is 57.4 Å². The van der Waals surface area contributed by atoms with Crippen molar-refractivity contribution in [2.24, 2.45) is 16.6 Å². The van der Waals surface area contributed by atoms with Crippen LogP contribution in [-0.2, 0) is 10.0 Å². The number of thiazole rings is 1. The van der Waals surface area contributed by atoms with Gasteiger partial charge in [-0.3, -0.25) is 4.99 Å². The number of aromatic nitrogens is 1. The maximum atomic E-state index is 11.5. The van der Waals surface area contributed by atoms with Gasteiger partial charge in [0.2, 0.25) is 10.0 Å². The van der Waals surface area contributed by atoms with E-state index in [0.29, 0.717) is 31.5 Å². The zero-order valence-electron chi connectivity index (χ0n) is 15.0. The van der Waals surface area contributed by atoms with E-state index in [9.17, 15) is 8.42 Å². The molecule has 3 heterocycles. The van der Waals surface area contributed by atoms with Crippen molar-refractivity contribution in [2.45, 2.75) is 12.8 Å². The number of sulfonamides is 1. The third kappa shape index (κ3) is 5.67. The Hall–Kier alpha value is -0.660. The number of rotatable bonds is 4. The highest BCUT2D eigenvalue weighted by atomic mass is 127. The normalized spacial score (nSPS) is 20.9. The highest BCUT2D eigenvalue weighted by molar-refractivity contribution is 14.0. The first-order valence-corrected chi connectivity index (χ1v) is 11.3. The van der Waals surface area contributed by atoms with Crippen molar-refractivity contribution < 1.29 is 8.42 Å². The molecule has 0 unspecified atom stereocenters. The maximum absolute atomic E-state index is 11.5. The van der Waals surface area contributed by atoms with Crippen LogP contribution in [-0.4, -0.2) is 80.6 Å². The molecule has 26 heavy (non-hydrogen) atoms. The van der Waals surface area contributed by atoms with Crippen LogP contribution in [0.1, 0.15) is 12.8 Å². The van der Waals surface area contributed by atoms with Gasteiger partial charge < -0.3 is 15.5 Å². The van der Waals surface area contributed by atoms with Crippen molar-refractivity contribution in [2.75, 3.05) is 57.0 Å². The van der Waals surface area contributed by atoms with E-state index >= 15 is 0 Å². The number of piperidine rings is 1. The Balaban J connectivity index is 0.00000243. The predicted molar refractivity (Wildman–Crippen MR) is 117 cm³/mol. The van der Waals surface area contributed by atoms with Crippen LogP contribution >= 0.6 is 35.3 Å². The van der Waals surface area contributed by atoms with E-state index in [-0.39, 0.29) is 24.0 Å². The molecule has 1 aromatic rings. The zero-order chi connectivity index (χ0) is 17.9. The molecule has 2 saturated heterocycles. The molecule has 0 amide bonds. The van der Waals surface area contributed by atoms with Gasteiger partial charge in [-0.25, -0.2) is 17.7 Å². The van der Waals surface area contributed by atoms with Gasteiger partial charge in [-0.1, -0.05) is 0 Å². The molecule has 2 N–H and O–H groups in total. The number of aliphatic imine (C=N–C) groups is 1.